The third-order valence-corrected chi connectivity index (χ3v) is 4.49. The summed E-state index contributed by atoms with van der Waals surface area (Å²) in [7, 11) is 3.95. The van der Waals surface area contributed by atoms with E-state index < -0.39 is 0 Å². The maximum atomic E-state index is 4.30. The zero-order chi connectivity index (χ0) is 13.5. The number of hydrogen-bond acceptors (Lipinski definition) is 3. The van der Waals surface area contributed by atoms with Gasteiger partial charge in [-0.1, -0.05) is 30.3 Å². The Morgan fingerprint density at radius 2 is 1.89 bits per heavy atom. The van der Waals surface area contributed by atoms with Crippen molar-refractivity contribution in [2.45, 2.75) is 17.1 Å². The van der Waals surface area contributed by atoms with Gasteiger partial charge >= 0.3 is 0 Å². The summed E-state index contributed by atoms with van der Waals surface area (Å²) < 4.78 is 5.55. The summed E-state index contributed by atoms with van der Waals surface area (Å²) >= 11 is 3.37. The zero-order valence-corrected chi connectivity index (χ0v) is 12.9. The Morgan fingerprint density at radius 3 is 2.63 bits per heavy atom. The maximum Gasteiger partial charge on any atom is 0.0989 e. The molecule has 0 saturated carbocycles. The summed E-state index contributed by atoms with van der Waals surface area (Å²) in [5.41, 5.74) is 1.40. The van der Waals surface area contributed by atoms with Crippen molar-refractivity contribution in [2.24, 2.45) is 4.40 Å². The Labute approximate surface area is 123 Å². The molecule has 0 amide bonds. The number of rotatable bonds is 6. The molecule has 100 valence electrons. The summed E-state index contributed by atoms with van der Waals surface area (Å²) in [4.78, 5) is 3.36. The molecule has 0 fully saturated rings. The van der Waals surface area contributed by atoms with E-state index in [4.69, 9.17) is 0 Å². The van der Waals surface area contributed by atoms with E-state index in [2.05, 4.69) is 46.9 Å². The fourth-order valence-electron chi connectivity index (χ4n) is 1.62. The van der Waals surface area contributed by atoms with Crippen LogP contribution in [0, 0.1) is 0 Å². The SMILES string of the molecule is CN(C)/C=N/Sc1ccc(CCc2ccccc2)s1. The van der Waals surface area contributed by atoms with Gasteiger partial charge in [0.15, 0.2) is 0 Å². The van der Waals surface area contributed by atoms with Crippen LogP contribution in [0.25, 0.3) is 0 Å². The van der Waals surface area contributed by atoms with Crippen LogP contribution in [-0.4, -0.2) is 25.3 Å². The van der Waals surface area contributed by atoms with Crippen molar-refractivity contribution in [3.8, 4) is 0 Å². The van der Waals surface area contributed by atoms with Crippen molar-refractivity contribution >= 4 is 29.6 Å². The Hall–Kier alpha value is -1.26. The summed E-state index contributed by atoms with van der Waals surface area (Å²) in [5, 5.41) is 0. The van der Waals surface area contributed by atoms with Gasteiger partial charge in [-0.25, -0.2) is 4.40 Å². The number of nitrogens with zero attached hydrogens (tertiary/aromatic N) is 2. The van der Waals surface area contributed by atoms with Gasteiger partial charge in [0.05, 0.1) is 10.5 Å². The van der Waals surface area contributed by atoms with Crippen molar-refractivity contribution in [2.75, 3.05) is 14.1 Å². The van der Waals surface area contributed by atoms with E-state index in [0.717, 1.165) is 12.8 Å². The van der Waals surface area contributed by atoms with Crippen LogP contribution in [0.1, 0.15) is 10.4 Å². The molecule has 0 aliphatic heterocycles. The van der Waals surface area contributed by atoms with Crippen LogP contribution in [0.5, 0.6) is 0 Å². The first-order chi connectivity index (χ1) is 9.24. The fourth-order valence-corrected chi connectivity index (χ4v) is 3.43. The predicted molar refractivity (Wildman–Crippen MR) is 86.2 cm³/mol. The third-order valence-electron chi connectivity index (χ3n) is 2.56. The van der Waals surface area contributed by atoms with Crippen molar-refractivity contribution in [3.63, 3.8) is 0 Å². The Kier molecular flexibility index (Phi) is 5.48. The van der Waals surface area contributed by atoms with Gasteiger partial charge in [-0.05, 0) is 30.5 Å². The van der Waals surface area contributed by atoms with Gasteiger partial charge in [0.25, 0.3) is 0 Å². The van der Waals surface area contributed by atoms with Gasteiger partial charge in [-0.15, -0.1) is 11.3 Å². The number of benzene rings is 1. The number of thiophene rings is 1. The molecule has 2 rings (SSSR count). The predicted octanol–water partition coefficient (Wildman–Crippen LogP) is 4.13. The lowest BCUT2D eigenvalue weighted by molar-refractivity contribution is 0.645. The maximum absolute atomic E-state index is 4.30. The highest BCUT2D eigenvalue weighted by atomic mass is 32.2. The van der Waals surface area contributed by atoms with Gasteiger partial charge in [-0.2, -0.15) is 0 Å². The second-order valence-corrected chi connectivity index (χ2v) is 6.74. The van der Waals surface area contributed by atoms with E-state index >= 15 is 0 Å². The average molecular weight is 290 g/mol. The lowest BCUT2D eigenvalue weighted by atomic mass is 10.1. The molecule has 19 heavy (non-hydrogen) atoms. The van der Waals surface area contributed by atoms with Crippen LogP contribution in [0.3, 0.4) is 0 Å². The Balaban J connectivity index is 1.84. The van der Waals surface area contributed by atoms with E-state index in [1.54, 1.807) is 0 Å². The molecular formula is C15H18N2S2. The molecule has 0 atom stereocenters. The van der Waals surface area contributed by atoms with E-state index in [9.17, 15) is 0 Å². The first-order valence-electron chi connectivity index (χ1n) is 6.23. The molecule has 0 saturated heterocycles. The molecule has 1 aromatic carbocycles. The smallest absolute Gasteiger partial charge is 0.0989 e. The van der Waals surface area contributed by atoms with Crippen molar-refractivity contribution in [1.29, 1.82) is 0 Å². The van der Waals surface area contributed by atoms with E-state index in [-0.39, 0.29) is 0 Å². The molecule has 0 unspecified atom stereocenters. The molecule has 2 aromatic rings. The van der Waals surface area contributed by atoms with Gasteiger partial charge in [0, 0.05) is 30.9 Å². The quantitative estimate of drug-likeness (QED) is 0.451. The topological polar surface area (TPSA) is 15.6 Å². The standard InChI is InChI=1S/C15H18N2S2/c1-17(2)12-16-19-15-11-10-14(18-15)9-8-13-6-4-3-5-7-13/h3-7,10-12H,8-9H2,1-2H3/b16-12+. The second-order valence-electron chi connectivity index (χ2n) is 4.48. The van der Waals surface area contributed by atoms with E-state index in [0.29, 0.717) is 0 Å². The van der Waals surface area contributed by atoms with Crippen LogP contribution < -0.4 is 0 Å². The molecular weight excluding hydrogens is 272 g/mol. The first-order valence-corrected chi connectivity index (χ1v) is 7.82. The van der Waals surface area contributed by atoms with E-state index in [1.807, 2.05) is 36.7 Å². The lowest BCUT2D eigenvalue weighted by Gasteiger charge is -2.00. The molecule has 0 spiro atoms. The number of hydrogen-bond donors (Lipinski definition) is 0. The van der Waals surface area contributed by atoms with Gasteiger partial charge in [-0.3, -0.25) is 0 Å². The highest BCUT2D eigenvalue weighted by Crippen LogP contribution is 2.28. The Bertz CT molecular complexity index is 518. The molecule has 0 bridgehead atoms. The van der Waals surface area contributed by atoms with Gasteiger partial charge < -0.3 is 4.90 Å². The summed E-state index contributed by atoms with van der Waals surface area (Å²) in [6.07, 6.45) is 4.03. The molecule has 0 aliphatic rings. The molecule has 2 nitrogen and oxygen atoms in total. The molecule has 1 heterocycles. The fraction of sp³-hybridized carbons (Fsp3) is 0.267. The van der Waals surface area contributed by atoms with Crippen LogP contribution in [0.15, 0.2) is 51.1 Å². The second kappa shape index (κ2) is 7.36. The largest absolute Gasteiger partial charge is 0.368 e. The highest BCUT2D eigenvalue weighted by molar-refractivity contribution is 8.00. The normalized spacial score (nSPS) is 11.1. The Morgan fingerprint density at radius 1 is 1.11 bits per heavy atom. The van der Waals surface area contributed by atoms with Crippen molar-refractivity contribution in [1.82, 2.24) is 4.90 Å². The van der Waals surface area contributed by atoms with Crippen LogP contribution in [0.2, 0.25) is 0 Å². The zero-order valence-electron chi connectivity index (χ0n) is 11.2. The molecule has 4 heteroatoms. The monoisotopic (exact) mass is 290 g/mol. The minimum Gasteiger partial charge on any atom is -0.368 e. The summed E-state index contributed by atoms with van der Waals surface area (Å²) in [6.45, 7) is 0. The van der Waals surface area contributed by atoms with Gasteiger partial charge in [0.2, 0.25) is 0 Å². The molecule has 0 radical (unpaired) electrons. The van der Waals surface area contributed by atoms with Crippen molar-refractivity contribution < 1.29 is 0 Å². The average Bonchev–Trinajstić information content (AvgIpc) is 2.85. The van der Waals surface area contributed by atoms with Crippen LogP contribution in [0.4, 0.5) is 0 Å². The van der Waals surface area contributed by atoms with Crippen molar-refractivity contribution in [3.05, 3.63) is 52.9 Å². The van der Waals surface area contributed by atoms with Crippen LogP contribution >= 0.6 is 23.3 Å². The number of aryl methyl sites for hydroxylation is 2. The highest BCUT2D eigenvalue weighted by Gasteiger charge is 2.01. The summed E-state index contributed by atoms with van der Waals surface area (Å²) in [6, 6.07) is 15.0. The molecule has 0 N–H and O–H groups in total. The molecule has 1 aromatic heterocycles. The third kappa shape index (κ3) is 5.09. The van der Waals surface area contributed by atoms with Gasteiger partial charge in [0.1, 0.15) is 0 Å². The van der Waals surface area contributed by atoms with Crippen LogP contribution in [-0.2, 0) is 12.8 Å². The minimum absolute atomic E-state index is 1.10. The lowest BCUT2D eigenvalue weighted by Crippen LogP contribution is -2.06. The van der Waals surface area contributed by atoms with E-state index in [1.165, 1.54) is 26.6 Å². The first kappa shape index (κ1) is 14.2. The summed E-state index contributed by atoms with van der Waals surface area (Å²) in [5.74, 6) is 0. The molecule has 0 aliphatic carbocycles. The minimum atomic E-state index is 1.10.